The van der Waals surface area contributed by atoms with Gasteiger partial charge in [0, 0.05) is 0 Å². The lowest BCUT2D eigenvalue weighted by molar-refractivity contribution is -0.120. The third-order valence-electron chi connectivity index (χ3n) is 1.46. The maximum atomic E-state index is 12.9. The molecule has 0 bridgehead atoms. The van der Waals surface area contributed by atoms with E-state index in [9.17, 15) is 9.18 Å². The normalized spacial score (nSPS) is 9.69. The number of hydrogen-bond donors (Lipinski definition) is 1. The Hall–Kier alpha value is -1.58. The topological polar surface area (TPSA) is 52.3 Å². The summed E-state index contributed by atoms with van der Waals surface area (Å²) in [5.41, 5.74) is 5.70. The van der Waals surface area contributed by atoms with Crippen LogP contribution in [0, 0.1) is 12.7 Å². The molecule has 0 radical (unpaired) electrons. The Bertz CT molecular complexity index is 325. The van der Waals surface area contributed by atoms with Gasteiger partial charge in [-0.3, -0.25) is 4.79 Å². The molecule has 2 N–H and O–H groups in total. The molecule has 0 saturated heterocycles. The molecule has 3 nitrogen and oxygen atoms in total. The van der Waals surface area contributed by atoms with Gasteiger partial charge in [-0.25, -0.2) is 4.39 Å². The van der Waals surface area contributed by atoms with Crippen LogP contribution in [0.15, 0.2) is 18.2 Å². The summed E-state index contributed by atoms with van der Waals surface area (Å²) >= 11 is 0. The molecule has 0 aromatic heterocycles. The second kappa shape index (κ2) is 3.89. The van der Waals surface area contributed by atoms with Gasteiger partial charge >= 0.3 is 0 Å². The average molecular weight is 183 g/mol. The summed E-state index contributed by atoms with van der Waals surface area (Å²) in [6, 6.07) is 4.41. The molecular weight excluding hydrogens is 173 g/mol. The van der Waals surface area contributed by atoms with Crippen molar-refractivity contribution in [3.63, 3.8) is 0 Å². The van der Waals surface area contributed by atoms with E-state index >= 15 is 0 Å². The van der Waals surface area contributed by atoms with Crippen molar-refractivity contribution in [3.8, 4) is 5.75 Å². The molecule has 0 spiro atoms. The lowest BCUT2D eigenvalue weighted by atomic mass is 10.2. The smallest absolute Gasteiger partial charge is 0.255 e. The maximum absolute atomic E-state index is 12.9. The zero-order valence-electron chi connectivity index (χ0n) is 7.21. The van der Waals surface area contributed by atoms with Gasteiger partial charge in [-0.05, 0) is 24.6 Å². The molecule has 0 unspecified atom stereocenters. The average Bonchev–Trinajstić information content (AvgIpc) is 2.06. The van der Waals surface area contributed by atoms with Gasteiger partial charge in [0.1, 0.15) is 0 Å². The Balaban J connectivity index is 2.75. The standard InChI is InChI=1S/C9H10FNO2/c1-6-2-3-7(10)8(4-6)13-5-9(11)12/h2-4H,5H2,1H3,(H2,11,12). The van der Waals surface area contributed by atoms with Crippen LogP contribution >= 0.6 is 0 Å². The first-order valence-electron chi connectivity index (χ1n) is 3.77. The Labute approximate surface area is 75.3 Å². The molecule has 0 atom stereocenters. The van der Waals surface area contributed by atoms with E-state index in [4.69, 9.17) is 10.5 Å². The molecule has 1 rings (SSSR count). The number of carbonyl (C=O) groups is 1. The molecule has 4 heteroatoms. The van der Waals surface area contributed by atoms with Crippen molar-refractivity contribution in [2.75, 3.05) is 6.61 Å². The molecule has 1 amide bonds. The number of aryl methyl sites for hydroxylation is 1. The fourth-order valence-electron chi connectivity index (χ4n) is 0.870. The molecular formula is C9H10FNO2. The molecule has 13 heavy (non-hydrogen) atoms. The number of benzene rings is 1. The first-order chi connectivity index (χ1) is 6.09. The number of amides is 1. The van der Waals surface area contributed by atoms with Gasteiger partial charge in [0.05, 0.1) is 0 Å². The molecule has 0 aliphatic carbocycles. The second-order valence-corrected chi connectivity index (χ2v) is 2.69. The second-order valence-electron chi connectivity index (χ2n) is 2.69. The third kappa shape index (κ3) is 2.74. The summed E-state index contributed by atoms with van der Waals surface area (Å²) in [7, 11) is 0. The van der Waals surface area contributed by atoms with Crippen LogP contribution in [-0.4, -0.2) is 12.5 Å². The summed E-state index contributed by atoms with van der Waals surface area (Å²) in [5, 5.41) is 0. The van der Waals surface area contributed by atoms with Crippen molar-refractivity contribution >= 4 is 5.91 Å². The van der Waals surface area contributed by atoms with Crippen LogP contribution in [0.4, 0.5) is 4.39 Å². The SMILES string of the molecule is Cc1ccc(F)c(OCC(N)=O)c1. The maximum Gasteiger partial charge on any atom is 0.255 e. The summed E-state index contributed by atoms with van der Waals surface area (Å²) in [6.45, 7) is 1.50. The van der Waals surface area contributed by atoms with E-state index in [1.165, 1.54) is 12.1 Å². The quantitative estimate of drug-likeness (QED) is 0.759. The van der Waals surface area contributed by atoms with Crippen molar-refractivity contribution < 1.29 is 13.9 Å². The Morgan fingerprint density at radius 3 is 2.92 bits per heavy atom. The van der Waals surface area contributed by atoms with Crippen LogP contribution in [0.3, 0.4) is 0 Å². The number of halogens is 1. The minimum absolute atomic E-state index is 0.0544. The highest BCUT2D eigenvalue weighted by Gasteiger charge is 2.04. The van der Waals surface area contributed by atoms with Gasteiger partial charge in [0.25, 0.3) is 5.91 Å². The van der Waals surface area contributed by atoms with Gasteiger partial charge in [-0.1, -0.05) is 6.07 Å². The third-order valence-corrected chi connectivity index (χ3v) is 1.46. The van der Waals surface area contributed by atoms with E-state index in [1.807, 2.05) is 0 Å². The number of nitrogens with two attached hydrogens (primary N) is 1. The summed E-state index contributed by atoms with van der Waals surface area (Å²) in [4.78, 5) is 10.3. The zero-order chi connectivity index (χ0) is 9.84. The van der Waals surface area contributed by atoms with Crippen molar-refractivity contribution in [1.82, 2.24) is 0 Å². The first kappa shape index (κ1) is 9.51. The zero-order valence-corrected chi connectivity index (χ0v) is 7.21. The highest BCUT2D eigenvalue weighted by molar-refractivity contribution is 5.75. The van der Waals surface area contributed by atoms with Crippen LogP contribution in [-0.2, 0) is 4.79 Å². The molecule has 0 heterocycles. The molecule has 1 aromatic carbocycles. The van der Waals surface area contributed by atoms with Crippen molar-refractivity contribution in [2.24, 2.45) is 5.73 Å². The summed E-state index contributed by atoms with van der Waals surface area (Å²) < 4.78 is 17.8. The van der Waals surface area contributed by atoms with E-state index in [0.717, 1.165) is 5.56 Å². The summed E-state index contributed by atoms with van der Waals surface area (Å²) in [6.07, 6.45) is 0. The van der Waals surface area contributed by atoms with Crippen LogP contribution in [0.1, 0.15) is 5.56 Å². The highest BCUT2D eigenvalue weighted by Crippen LogP contribution is 2.17. The van der Waals surface area contributed by atoms with E-state index in [-0.39, 0.29) is 12.4 Å². The predicted octanol–water partition coefficient (Wildman–Crippen LogP) is 0.998. The number of primary amides is 1. The van der Waals surface area contributed by atoms with Crippen molar-refractivity contribution in [3.05, 3.63) is 29.6 Å². The fraction of sp³-hybridized carbons (Fsp3) is 0.222. The first-order valence-corrected chi connectivity index (χ1v) is 3.77. The van der Waals surface area contributed by atoms with E-state index in [0.29, 0.717) is 0 Å². The van der Waals surface area contributed by atoms with Crippen LogP contribution in [0.2, 0.25) is 0 Å². The van der Waals surface area contributed by atoms with Gasteiger partial charge in [-0.2, -0.15) is 0 Å². The van der Waals surface area contributed by atoms with E-state index < -0.39 is 11.7 Å². The Morgan fingerprint density at radius 1 is 1.62 bits per heavy atom. The van der Waals surface area contributed by atoms with E-state index in [1.54, 1.807) is 13.0 Å². The van der Waals surface area contributed by atoms with Crippen molar-refractivity contribution in [2.45, 2.75) is 6.92 Å². The molecule has 70 valence electrons. The largest absolute Gasteiger partial charge is 0.481 e. The van der Waals surface area contributed by atoms with E-state index in [2.05, 4.69) is 0 Å². The predicted molar refractivity (Wildman–Crippen MR) is 45.8 cm³/mol. The lowest BCUT2D eigenvalue weighted by Gasteiger charge is -2.05. The van der Waals surface area contributed by atoms with Crippen molar-refractivity contribution in [1.29, 1.82) is 0 Å². The van der Waals surface area contributed by atoms with Gasteiger partial charge < -0.3 is 10.5 Å². The monoisotopic (exact) mass is 183 g/mol. The summed E-state index contributed by atoms with van der Waals surface area (Å²) in [5.74, 6) is -1.06. The number of carbonyl (C=O) groups excluding carboxylic acids is 1. The molecule has 1 aromatic rings. The van der Waals surface area contributed by atoms with Crippen LogP contribution in [0.25, 0.3) is 0 Å². The minimum atomic E-state index is -0.624. The Morgan fingerprint density at radius 2 is 2.31 bits per heavy atom. The van der Waals surface area contributed by atoms with Crippen LogP contribution in [0.5, 0.6) is 5.75 Å². The molecule has 0 fully saturated rings. The fourth-order valence-corrected chi connectivity index (χ4v) is 0.870. The molecule has 0 saturated carbocycles. The highest BCUT2D eigenvalue weighted by atomic mass is 19.1. The number of hydrogen-bond acceptors (Lipinski definition) is 2. The number of rotatable bonds is 3. The number of ether oxygens (including phenoxy) is 1. The van der Waals surface area contributed by atoms with Gasteiger partial charge in [-0.15, -0.1) is 0 Å². The van der Waals surface area contributed by atoms with Gasteiger partial charge in [0.15, 0.2) is 18.2 Å². The lowest BCUT2D eigenvalue weighted by Crippen LogP contribution is -2.20. The molecule has 0 aliphatic rings. The molecule has 0 aliphatic heterocycles. The minimum Gasteiger partial charge on any atom is -0.481 e. The van der Waals surface area contributed by atoms with Gasteiger partial charge in [0.2, 0.25) is 0 Å². The Kier molecular flexibility index (Phi) is 2.84. The van der Waals surface area contributed by atoms with Crippen LogP contribution < -0.4 is 10.5 Å².